The van der Waals surface area contributed by atoms with E-state index in [4.69, 9.17) is 4.98 Å². The lowest BCUT2D eigenvalue weighted by Gasteiger charge is -2.18. The maximum Gasteiger partial charge on any atom is 0.243 e. The van der Waals surface area contributed by atoms with Gasteiger partial charge in [0.15, 0.2) is 5.16 Å². The molecular weight excluding hydrogens is 416 g/mol. The van der Waals surface area contributed by atoms with Crippen LogP contribution in [0.2, 0.25) is 0 Å². The van der Waals surface area contributed by atoms with Crippen LogP contribution in [0, 0.1) is 11.3 Å². The molecule has 0 fully saturated rings. The van der Waals surface area contributed by atoms with Crippen LogP contribution >= 0.6 is 11.8 Å². The van der Waals surface area contributed by atoms with Crippen molar-refractivity contribution in [1.29, 1.82) is 5.26 Å². The molecule has 0 saturated carbocycles. The van der Waals surface area contributed by atoms with E-state index in [2.05, 4.69) is 24.5 Å². The Hall–Kier alpha value is -2.34. The molecule has 8 heteroatoms. The van der Waals surface area contributed by atoms with Gasteiger partial charge in [0.1, 0.15) is 0 Å². The summed E-state index contributed by atoms with van der Waals surface area (Å²) >= 11 is 1.55. The lowest BCUT2D eigenvalue weighted by Crippen LogP contribution is -2.30. The van der Waals surface area contributed by atoms with Crippen molar-refractivity contribution in [1.82, 2.24) is 13.9 Å². The third-order valence-electron chi connectivity index (χ3n) is 4.98. The van der Waals surface area contributed by atoms with Crippen LogP contribution in [0.1, 0.15) is 44.9 Å². The average molecular weight is 443 g/mol. The predicted molar refractivity (Wildman–Crippen MR) is 121 cm³/mol. The van der Waals surface area contributed by atoms with Crippen molar-refractivity contribution in [3.8, 4) is 6.07 Å². The first-order valence-corrected chi connectivity index (χ1v) is 12.4. The molecule has 1 heterocycles. The zero-order valence-corrected chi connectivity index (χ0v) is 19.3. The molecule has 6 nitrogen and oxygen atoms in total. The Balaban J connectivity index is 2.01. The first kappa shape index (κ1) is 22.3. The summed E-state index contributed by atoms with van der Waals surface area (Å²) in [7, 11) is -3.54. The van der Waals surface area contributed by atoms with E-state index < -0.39 is 10.0 Å². The molecule has 2 aromatic carbocycles. The van der Waals surface area contributed by atoms with Crippen LogP contribution in [-0.2, 0) is 15.8 Å². The number of imidazole rings is 1. The fourth-order valence-corrected chi connectivity index (χ4v) is 6.05. The van der Waals surface area contributed by atoms with Crippen LogP contribution in [0.25, 0.3) is 11.0 Å². The molecule has 3 rings (SSSR count). The molecular formula is C22H26N4O2S2. The zero-order valence-electron chi connectivity index (χ0n) is 17.7. The summed E-state index contributed by atoms with van der Waals surface area (Å²) in [6.07, 6.45) is 0. The molecule has 3 aromatic rings. The minimum atomic E-state index is -3.54. The Morgan fingerprint density at radius 3 is 2.50 bits per heavy atom. The Morgan fingerprint density at radius 1 is 1.17 bits per heavy atom. The monoisotopic (exact) mass is 442 g/mol. The van der Waals surface area contributed by atoms with Crippen LogP contribution in [0.3, 0.4) is 0 Å². The predicted octanol–water partition coefficient (Wildman–Crippen LogP) is 4.81. The number of hydrogen-bond donors (Lipinski definition) is 0. The van der Waals surface area contributed by atoms with Gasteiger partial charge in [0, 0.05) is 24.9 Å². The molecule has 0 N–H and O–H groups in total. The molecule has 0 radical (unpaired) electrons. The number of sulfonamides is 1. The molecule has 0 aliphatic heterocycles. The van der Waals surface area contributed by atoms with Crippen molar-refractivity contribution in [2.75, 3.05) is 13.1 Å². The Bertz CT molecular complexity index is 1190. The normalized spacial score (nSPS) is 12.0. The van der Waals surface area contributed by atoms with Crippen LogP contribution in [-0.4, -0.2) is 35.4 Å². The number of thioether (sulfide) groups is 1. The quantitative estimate of drug-likeness (QED) is 0.468. The average Bonchev–Trinajstić information content (AvgIpc) is 3.11. The highest BCUT2D eigenvalue weighted by atomic mass is 32.2. The van der Waals surface area contributed by atoms with Gasteiger partial charge >= 0.3 is 0 Å². The number of nitriles is 1. The number of fused-ring (bicyclic) bond motifs is 1. The van der Waals surface area contributed by atoms with Crippen molar-refractivity contribution in [3.05, 3.63) is 53.6 Å². The summed E-state index contributed by atoms with van der Waals surface area (Å²) in [6.45, 7) is 8.68. The second-order valence-electron chi connectivity index (χ2n) is 7.16. The smallest absolute Gasteiger partial charge is 0.243 e. The highest BCUT2D eigenvalue weighted by Crippen LogP contribution is 2.32. The number of aromatic nitrogens is 2. The van der Waals surface area contributed by atoms with Gasteiger partial charge in [-0.1, -0.05) is 43.8 Å². The minimum Gasteiger partial charge on any atom is -0.316 e. The van der Waals surface area contributed by atoms with E-state index in [1.54, 1.807) is 23.9 Å². The zero-order chi connectivity index (χ0) is 21.9. The molecule has 0 unspecified atom stereocenters. The largest absolute Gasteiger partial charge is 0.316 e. The van der Waals surface area contributed by atoms with Crippen molar-refractivity contribution in [2.45, 2.75) is 49.5 Å². The fraction of sp³-hybridized carbons (Fsp3) is 0.364. The van der Waals surface area contributed by atoms with E-state index in [1.807, 2.05) is 44.2 Å². The summed E-state index contributed by atoms with van der Waals surface area (Å²) in [6, 6.07) is 15.1. The fourth-order valence-electron chi connectivity index (χ4n) is 3.43. The third kappa shape index (κ3) is 4.24. The summed E-state index contributed by atoms with van der Waals surface area (Å²) in [4.78, 5) is 5.01. The molecule has 1 aromatic heterocycles. The molecule has 0 spiro atoms. The van der Waals surface area contributed by atoms with Gasteiger partial charge in [-0.3, -0.25) is 0 Å². The summed E-state index contributed by atoms with van der Waals surface area (Å²) in [5.41, 5.74) is 3.18. The first-order chi connectivity index (χ1) is 14.3. The maximum atomic E-state index is 12.9. The lowest BCUT2D eigenvalue weighted by molar-refractivity contribution is 0.445. The molecule has 158 valence electrons. The molecule has 0 saturated heterocycles. The van der Waals surface area contributed by atoms with Gasteiger partial charge in [0.2, 0.25) is 10.0 Å². The Labute approximate surface area is 182 Å². The van der Waals surface area contributed by atoms with Gasteiger partial charge < -0.3 is 4.57 Å². The highest BCUT2D eigenvalue weighted by molar-refractivity contribution is 7.98. The first-order valence-electron chi connectivity index (χ1n) is 9.96. The molecule has 0 bridgehead atoms. The standard InChI is InChI=1S/C22H26N4O2S2/c1-5-25(6-2)30(27,28)19-11-12-21-20(13-19)24-22(26(21)16(3)4)29-15-18-10-8-7-9-17(18)14-23/h7-13,16H,5-6,15H2,1-4H3. The lowest BCUT2D eigenvalue weighted by atomic mass is 10.1. The van der Waals surface area contributed by atoms with Gasteiger partial charge in [0.05, 0.1) is 27.6 Å². The van der Waals surface area contributed by atoms with Gasteiger partial charge in [-0.2, -0.15) is 9.57 Å². The van der Waals surface area contributed by atoms with E-state index in [0.29, 0.717) is 29.9 Å². The molecule has 0 amide bonds. The SMILES string of the molecule is CCN(CC)S(=O)(=O)c1ccc2c(c1)nc(SCc1ccccc1C#N)n2C(C)C. The number of hydrogen-bond acceptors (Lipinski definition) is 5. The van der Waals surface area contributed by atoms with Crippen LogP contribution < -0.4 is 0 Å². The van der Waals surface area contributed by atoms with Crippen LogP contribution in [0.15, 0.2) is 52.5 Å². The Morgan fingerprint density at radius 2 is 1.87 bits per heavy atom. The van der Waals surface area contributed by atoms with Crippen molar-refractivity contribution >= 4 is 32.8 Å². The van der Waals surface area contributed by atoms with Crippen LogP contribution in [0.5, 0.6) is 0 Å². The van der Waals surface area contributed by atoms with E-state index in [1.165, 1.54) is 4.31 Å². The van der Waals surface area contributed by atoms with Crippen molar-refractivity contribution in [3.63, 3.8) is 0 Å². The van der Waals surface area contributed by atoms with Gasteiger partial charge in [-0.05, 0) is 43.7 Å². The molecule has 0 aliphatic carbocycles. The third-order valence-corrected chi connectivity index (χ3v) is 8.03. The van der Waals surface area contributed by atoms with E-state index in [-0.39, 0.29) is 10.9 Å². The topological polar surface area (TPSA) is 79.0 Å². The van der Waals surface area contributed by atoms with Gasteiger partial charge in [-0.15, -0.1) is 0 Å². The number of nitrogens with zero attached hydrogens (tertiary/aromatic N) is 4. The van der Waals surface area contributed by atoms with E-state index in [9.17, 15) is 13.7 Å². The Kier molecular flexibility index (Phi) is 6.86. The molecule has 30 heavy (non-hydrogen) atoms. The number of benzene rings is 2. The number of rotatable bonds is 8. The second kappa shape index (κ2) is 9.21. The van der Waals surface area contributed by atoms with Gasteiger partial charge in [-0.25, -0.2) is 13.4 Å². The maximum absolute atomic E-state index is 12.9. The summed E-state index contributed by atoms with van der Waals surface area (Å²) < 4.78 is 29.4. The molecule has 0 aliphatic rings. The second-order valence-corrected chi connectivity index (χ2v) is 10.0. The minimum absolute atomic E-state index is 0.161. The van der Waals surface area contributed by atoms with Crippen LogP contribution in [0.4, 0.5) is 0 Å². The molecule has 0 atom stereocenters. The van der Waals surface area contributed by atoms with E-state index >= 15 is 0 Å². The van der Waals surface area contributed by atoms with Crippen molar-refractivity contribution in [2.24, 2.45) is 0 Å². The highest BCUT2D eigenvalue weighted by Gasteiger charge is 2.23. The summed E-state index contributed by atoms with van der Waals surface area (Å²) in [5, 5.41) is 10.1. The van der Waals surface area contributed by atoms with E-state index in [0.717, 1.165) is 16.2 Å². The van der Waals surface area contributed by atoms with Gasteiger partial charge in [0.25, 0.3) is 0 Å². The summed E-state index contributed by atoms with van der Waals surface area (Å²) in [5.74, 6) is 0.615. The van der Waals surface area contributed by atoms with Crippen molar-refractivity contribution < 1.29 is 8.42 Å².